The van der Waals surface area contributed by atoms with Crippen molar-refractivity contribution in [3.05, 3.63) is 46.4 Å². The molecule has 2 aliphatic rings. The minimum absolute atomic E-state index is 0.0126. The molecule has 1 saturated carbocycles. The molecule has 2 aromatic heterocycles. The van der Waals surface area contributed by atoms with Crippen LogP contribution >= 0.6 is 0 Å². The Morgan fingerprint density at radius 1 is 1.18 bits per heavy atom. The molecule has 0 spiro atoms. The molecule has 0 saturated heterocycles. The molecular weight excluding hydrogens is 280 g/mol. The fourth-order valence-corrected chi connectivity index (χ4v) is 3.23. The number of aryl methyl sites for hydroxylation is 1. The molecule has 0 unspecified atom stereocenters. The van der Waals surface area contributed by atoms with E-state index in [2.05, 4.69) is 4.98 Å². The van der Waals surface area contributed by atoms with Crippen molar-refractivity contribution < 1.29 is 4.79 Å². The van der Waals surface area contributed by atoms with Gasteiger partial charge in [-0.25, -0.2) is 4.98 Å². The molecule has 114 valence electrons. The SMILES string of the molecule is Cc1cn(-c2ccc3n(c2=O)CCN(C2CCC2)C3=O)cn1. The van der Waals surface area contributed by atoms with E-state index in [0.717, 1.165) is 18.5 Å². The second-order valence-corrected chi connectivity index (χ2v) is 6.07. The van der Waals surface area contributed by atoms with Gasteiger partial charge in [-0.1, -0.05) is 0 Å². The molecule has 1 aliphatic carbocycles. The lowest BCUT2D eigenvalue weighted by Crippen LogP contribution is -2.51. The highest BCUT2D eigenvalue weighted by Crippen LogP contribution is 2.27. The van der Waals surface area contributed by atoms with Gasteiger partial charge in [0.1, 0.15) is 11.4 Å². The number of nitrogens with zero attached hydrogens (tertiary/aromatic N) is 4. The molecule has 1 amide bonds. The number of hydrogen-bond donors (Lipinski definition) is 0. The predicted octanol–water partition coefficient (Wildman–Crippen LogP) is 1.35. The Morgan fingerprint density at radius 2 is 2.00 bits per heavy atom. The maximum Gasteiger partial charge on any atom is 0.275 e. The first kappa shape index (κ1) is 13.3. The number of fused-ring (bicyclic) bond motifs is 1. The molecule has 6 nitrogen and oxygen atoms in total. The maximum absolute atomic E-state index is 12.7. The lowest BCUT2D eigenvalue weighted by atomic mass is 9.91. The van der Waals surface area contributed by atoms with Crippen LogP contribution in [0.25, 0.3) is 5.69 Å². The van der Waals surface area contributed by atoms with Crippen LogP contribution in [-0.2, 0) is 6.54 Å². The molecule has 4 rings (SSSR count). The summed E-state index contributed by atoms with van der Waals surface area (Å²) in [6.45, 7) is 3.08. The monoisotopic (exact) mass is 298 g/mol. The van der Waals surface area contributed by atoms with E-state index in [-0.39, 0.29) is 11.5 Å². The number of carbonyl (C=O) groups is 1. The average molecular weight is 298 g/mol. The Morgan fingerprint density at radius 3 is 2.64 bits per heavy atom. The quantitative estimate of drug-likeness (QED) is 0.841. The molecule has 0 N–H and O–H groups in total. The minimum atomic E-state index is -0.128. The summed E-state index contributed by atoms with van der Waals surface area (Å²) in [5.41, 5.74) is 1.77. The van der Waals surface area contributed by atoms with Gasteiger partial charge in [0.25, 0.3) is 11.5 Å². The van der Waals surface area contributed by atoms with Crippen LogP contribution in [0, 0.1) is 6.92 Å². The second-order valence-electron chi connectivity index (χ2n) is 6.07. The zero-order valence-corrected chi connectivity index (χ0v) is 12.5. The van der Waals surface area contributed by atoms with E-state index < -0.39 is 0 Å². The van der Waals surface area contributed by atoms with Gasteiger partial charge < -0.3 is 14.0 Å². The van der Waals surface area contributed by atoms with Gasteiger partial charge in [-0.3, -0.25) is 9.59 Å². The Hall–Kier alpha value is -2.37. The zero-order valence-electron chi connectivity index (χ0n) is 12.5. The normalized spacial score (nSPS) is 18.2. The molecular formula is C16H18N4O2. The van der Waals surface area contributed by atoms with Gasteiger partial charge in [-0.2, -0.15) is 0 Å². The van der Waals surface area contributed by atoms with Crippen molar-refractivity contribution in [2.75, 3.05) is 6.54 Å². The Kier molecular flexibility index (Phi) is 2.92. The molecule has 0 atom stereocenters. The van der Waals surface area contributed by atoms with Crippen molar-refractivity contribution in [2.45, 2.75) is 38.8 Å². The van der Waals surface area contributed by atoms with Crippen LogP contribution in [0.3, 0.4) is 0 Å². The van der Waals surface area contributed by atoms with Crippen LogP contribution in [0.15, 0.2) is 29.5 Å². The lowest BCUT2D eigenvalue weighted by Gasteiger charge is -2.40. The van der Waals surface area contributed by atoms with E-state index in [1.165, 1.54) is 6.42 Å². The van der Waals surface area contributed by atoms with Gasteiger partial charge in [0, 0.05) is 25.3 Å². The summed E-state index contributed by atoms with van der Waals surface area (Å²) < 4.78 is 3.32. The van der Waals surface area contributed by atoms with E-state index in [1.807, 2.05) is 18.0 Å². The van der Waals surface area contributed by atoms with Gasteiger partial charge in [-0.05, 0) is 38.3 Å². The first-order chi connectivity index (χ1) is 10.6. The van der Waals surface area contributed by atoms with Gasteiger partial charge in [0.15, 0.2) is 0 Å². The Balaban J connectivity index is 1.75. The predicted molar refractivity (Wildman–Crippen MR) is 81.2 cm³/mol. The van der Waals surface area contributed by atoms with Gasteiger partial charge in [-0.15, -0.1) is 0 Å². The fourth-order valence-electron chi connectivity index (χ4n) is 3.23. The minimum Gasteiger partial charge on any atom is -0.333 e. The third-order valence-electron chi connectivity index (χ3n) is 4.70. The fraction of sp³-hybridized carbons (Fsp3) is 0.438. The molecule has 6 heteroatoms. The third kappa shape index (κ3) is 1.90. The molecule has 3 heterocycles. The lowest BCUT2D eigenvalue weighted by molar-refractivity contribution is 0.0508. The zero-order chi connectivity index (χ0) is 15.3. The number of pyridine rings is 1. The standard InChI is InChI=1S/C16H18N4O2/c1-11-9-18(10-17-11)13-5-6-14-16(22)19(12-3-2-4-12)7-8-20(14)15(13)21/h5-6,9-10,12H,2-4,7-8H2,1H3. The van der Waals surface area contributed by atoms with Crippen molar-refractivity contribution in [1.82, 2.24) is 19.0 Å². The summed E-state index contributed by atoms with van der Waals surface area (Å²) in [5, 5.41) is 0. The number of imidazole rings is 1. The molecule has 0 aromatic carbocycles. The van der Waals surface area contributed by atoms with E-state index >= 15 is 0 Å². The first-order valence-electron chi connectivity index (χ1n) is 7.71. The molecule has 0 radical (unpaired) electrons. The third-order valence-corrected chi connectivity index (χ3v) is 4.70. The van der Waals surface area contributed by atoms with Crippen LogP contribution in [0.4, 0.5) is 0 Å². The van der Waals surface area contributed by atoms with Crippen molar-refractivity contribution in [3.63, 3.8) is 0 Å². The average Bonchev–Trinajstić information content (AvgIpc) is 2.87. The van der Waals surface area contributed by atoms with E-state index in [9.17, 15) is 9.59 Å². The number of rotatable bonds is 2. The van der Waals surface area contributed by atoms with Gasteiger partial charge in [0.2, 0.25) is 0 Å². The smallest absolute Gasteiger partial charge is 0.275 e. The van der Waals surface area contributed by atoms with Crippen molar-refractivity contribution in [1.29, 1.82) is 0 Å². The largest absolute Gasteiger partial charge is 0.333 e. The van der Waals surface area contributed by atoms with Crippen LogP contribution < -0.4 is 5.56 Å². The van der Waals surface area contributed by atoms with Crippen molar-refractivity contribution in [3.8, 4) is 5.69 Å². The summed E-state index contributed by atoms with van der Waals surface area (Å²) in [7, 11) is 0. The van der Waals surface area contributed by atoms with Crippen LogP contribution in [0.5, 0.6) is 0 Å². The van der Waals surface area contributed by atoms with Crippen LogP contribution in [-0.4, -0.2) is 37.5 Å². The van der Waals surface area contributed by atoms with E-state index in [1.54, 1.807) is 27.6 Å². The second kappa shape index (κ2) is 4.83. The highest BCUT2D eigenvalue weighted by Gasteiger charge is 2.33. The number of aromatic nitrogens is 3. The Bertz CT molecular complexity index is 801. The summed E-state index contributed by atoms with van der Waals surface area (Å²) in [5.74, 6) is -0.0126. The van der Waals surface area contributed by atoms with Gasteiger partial charge in [0.05, 0.1) is 12.0 Å². The van der Waals surface area contributed by atoms with E-state index in [0.29, 0.717) is 30.5 Å². The number of hydrogen-bond acceptors (Lipinski definition) is 3. The van der Waals surface area contributed by atoms with Crippen LogP contribution in [0.1, 0.15) is 35.4 Å². The number of carbonyl (C=O) groups excluding carboxylic acids is 1. The summed E-state index contributed by atoms with van der Waals surface area (Å²) in [4.78, 5) is 31.4. The highest BCUT2D eigenvalue weighted by molar-refractivity contribution is 5.93. The summed E-state index contributed by atoms with van der Waals surface area (Å²) >= 11 is 0. The molecule has 2 aromatic rings. The highest BCUT2D eigenvalue weighted by atomic mass is 16.2. The number of amides is 1. The Labute approximate surface area is 128 Å². The van der Waals surface area contributed by atoms with Crippen molar-refractivity contribution in [2.24, 2.45) is 0 Å². The molecule has 1 fully saturated rings. The summed E-state index contributed by atoms with van der Waals surface area (Å²) in [6, 6.07) is 3.85. The molecule has 0 bridgehead atoms. The maximum atomic E-state index is 12.7. The van der Waals surface area contributed by atoms with E-state index in [4.69, 9.17) is 0 Å². The van der Waals surface area contributed by atoms with Crippen molar-refractivity contribution >= 4 is 5.91 Å². The molecule has 1 aliphatic heterocycles. The molecule has 22 heavy (non-hydrogen) atoms. The van der Waals surface area contributed by atoms with Gasteiger partial charge >= 0.3 is 0 Å². The topological polar surface area (TPSA) is 60.1 Å². The summed E-state index contributed by atoms with van der Waals surface area (Å²) in [6.07, 6.45) is 6.81. The first-order valence-corrected chi connectivity index (χ1v) is 7.71. The van der Waals surface area contributed by atoms with Crippen LogP contribution in [0.2, 0.25) is 0 Å².